The van der Waals surface area contributed by atoms with Crippen molar-refractivity contribution in [2.75, 3.05) is 11.9 Å². The average Bonchev–Trinajstić information content (AvgIpc) is 3.00. The molecule has 0 aromatic heterocycles. The summed E-state index contributed by atoms with van der Waals surface area (Å²) in [5.41, 5.74) is 7.42. The number of anilines is 2. The molecule has 5 rings (SSSR count). The smallest absolute Gasteiger partial charge is 0.147 e. The van der Waals surface area contributed by atoms with Gasteiger partial charge in [-0.2, -0.15) is 0 Å². The Hall–Kier alpha value is -3.46. The monoisotopic (exact) mass is 411 g/mol. The van der Waals surface area contributed by atoms with Gasteiger partial charge in [0.2, 0.25) is 0 Å². The van der Waals surface area contributed by atoms with Crippen LogP contribution in [0.15, 0.2) is 84.9 Å². The van der Waals surface area contributed by atoms with Gasteiger partial charge >= 0.3 is 0 Å². The second-order valence-electron chi connectivity index (χ2n) is 8.61. The molecule has 0 amide bonds. The van der Waals surface area contributed by atoms with E-state index in [1.54, 1.807) is 31.3 Å². The standard InChI is InChI=1S/C28H23F2N/c1-28(2)22-9-5-4-8-20(22)21-16-18(12-14-23(21)28)19-13-15-27(25(30)17-19)31(3)26-11-7-6-10-24(26)29/h4-17H,1-3H3. The lowest BCUT2D eigenvalue weighted by atomic mass is 9.82. The molecular formula is C28H23F2N. The van der Waals surface area contributed by atoms with Gasteiger partial charge in [0, 0.05) is 12.5 Å². The normalized spacial score (nSPS) is 13.6. The fourth-order valence-electron chi connectivity index (χ4n) is 4.71. The second kappa shape index (κ2) is 7.05. The van der Waals surface area contributed by atoms with Crippen LogP contribution in [0.5, 0.6) is 0 Å². The molecule has 0 radical (unpaired) electrons. The molecule has 0 heterocycles. The minimum absolute atomic E-state index is 0.0535. The predicted molar refractivity (Wildman–Crippen MR) is 124 cm³/mol. The van der Waals surface area contributed by atoms with Gasteiger partial charge in [0.05, 0.1) is 11.4 Å². The molecular weight excluding hydrogens is 388 g/mol. The molecule has 0 bridgehead atoms. The van der Waals surface area contributed by atoms with Gasteiger partial charge in [-0.3, -0.25) is 0 Å². The van der Waals surface area contributed by atoms with Gasteiger partial charge in [-0.25, -0.2) is 8.78 Å². The topological polar surface area (TPSA) is 3.24 Å². The van der Waals surface area contributed by atoms with Crippen molar-refractivity contribution in [1.29, 1.82) is 0 Å². The third kappa shape index (κ3) is 3.04. The molecule has 1 nitrogen and oxygen atoms in total. The molecule has 0 atom stereocenters. The number of hydrogen-bond acceptors (Lipinski definition) is 1. The molecule has 0 saturated carbocycles. The lowest BCUT2D eigenvalue weighted by molar-refractivity contribution is 0.617. The van der Waals surface area contributed by atoms with Crippen LogP contribution in [-0.4, -0.2) is 7.05 Å². The van der Waals surface area contributed by atoms with E-state index in [1.165, 1.54) is 39.3 Å². The average molecular weight is 411 g/mol. The number of hydrogen-bond donors (Lipinski definition) is 0. The number of nitrogens with zero attached hydrogens (tertiary/aromatic N) is 1. The quantitative estimate of drug-likeness (QED) is 0.334. The Morgan fingerprint density at radius 3 is 2.00 bits per heavy atom. The highest BCUT2D eigenvalue weighted by atomic mass is 19.1. The number of benzene rings is 4. The summed E-state index contributed by atoms with van der Waals surface area (Å²) >= 11 is 0. The van der Waals surface area contributed by atoms with Crippen molar-refractivity contribution in [1.82, 2.24) is 0 Å². The molecule has 0 aliphatic heterocycles. The molecule has 0 spiro atoms. The van der Waals surface area contributed by atoms with Crippen LogP contribution in [0.25, 0.3) is 22.3 Å². The molecule has 154 valence electrons. The Morgan fingerprint density at radius 2 is 1.23 bits per heavy atom. The predicted octanol–water partition coefficient (Wildman–Crippen LogP) is 7.71. The first-order valence-corrected chi connectivity index (χ1v) is 10.4. The zero-order valence-electron chi connectivity index (χ0n) is 17.8. The fraction of sp³-hybridized carbons (Fsp3) is 0.143. The van der Waals surface area contributed by atoms with Gasteiger partial charge in [0.25, 0.3) is 0 Å². The van der Waals surface area contributed by atoms with Crippen molar-refractivity contribution < 1.29 is 8.78 Å². The van der Waals surface area contributed by atoms with Crippen molar-refractivity contribution in [3.63, 3.8) is 0 Å². The molecule has 0 unspecified atom stereocenters. The third-order valence-corrected chi connectivity index (χ3v) is 6.44. The van der Waals surface area contributed by atoms with E-state index in [-0.39, 0.29) is 17.0 Å². The summed E-state index contributed by atoms with van der Waals surface area (Å²) < 4.78 is 29.2. The third-order valence-electron chi connectivity index (χ3n) is 6.44. The van der Waals surface area contributed by atoms with Crippen molar-refractivity contribution in [2.45, 2.75) is 19.3 Å². The van der Waals surface area contributed by atoms with Gasteiger partial charge in [-0.15, -0.1) is 0 Å². The molecule has 1 aliphatic rings. The maximum atomic E-state index is 15.1. The molecule has 1 aliphatic carbocycles. The summed E-state index contributed by atoms with van der Waals surface area (Å²) in [5, 5.41) is 0. The van der Waals surface area contributed by atoms with E-state index in [0.717, 1.165) is 11.1 Å². The molecule has 3 heteroatoms. The number of para-hydroxylation sites is 1. The van der Waals surface area contributed by atoms with Gasteiger partial charge in [0.1, 0.15) is 11.6 Å². The van der Waals surface area contributed by atoms with Crippen molar-refractivity contribution >= 4 is 11.4 Å². The second-order valence-corrected chi connectivity index (χ2v) is 8.61. The van der Waals surface area contributed by atoms with E-state index >= 15 is 4.39 Å². The first-order chi connectivity index (χ1) is 14.9. The van der Waals surface area contributed by atoms with E-state index in [9.17, 15) is 4.39 Å². The number of rotatable bonds is 3. The Kier molecular flexibility index (Phi) is 4.44. The summed E-state index contributed by atoms with van der Waals surface area (Å²) in [5.74, 6) is -0.766. The summed E-state index contributed by atoms with van der Waals surface area (Å²) in [7, 11) is 1.67. The maximum absolute atomic E-state index is 15.1. The van der Waals surface area contributed by atoms with Crippen LogP contribution in [0.2, 0.25) is 0 Å². The highest BCUT2D eigenvalue weighted by Crippen LogP contribution is 2.49. The van der Waals surface area contributed by atoms with E-state index in [0.29, 0.717) is 11.4 Å². The van der Waals surface area contributed by atoms with Gasteiger partial charge in [-0.1, -0.05) is 68.4 Å². The summed E-state index contributed by atoms with van der Waals surface area (Å²) in [6, 6.07) is 26.3. The van der Waals surface area contributed by atoms with E-state index < -0.39 is 0 Å². The van der Waals surface area contributed by atoms with Crippen molar-refractivity contribution in [2.24, 2.45) is 0 Å². The molecule has 4 aromatic rings. The Morgan fingerprint density at radius 1 is 0.613 bits per heavy atom. The molecule has 0 saturated heterocycles. The van der Waals surface area contributed by atoms with Crippen LogP contribution in [0, 0.1) is 11.6 Å². The van der Waals surface area contributed by atoms with Gasteiger partial charge in [-0.05, 0) is 63.7 Å². The summed E-state index contributed by atoms with van der Waals surface area (Å²) in [6.07, 6.45) is 0. The van der Waals surface area contributed by atoms with Crippen LogP contribution >= 0.6 is 0 Å². The Labute approximate surface area is 181 Å². The lowest BCUT2D eigenvalue weighted by Crippen LogP contribution is -2.14. The summed E-state index contributed by atoms with van der Waals surface area (Å²) in [6.45, 7) is 4.48. The van der Waals surface area contributed by atoms with Gasteiger partial charge < -0.3 is 4.90 Å². The Balaban J connectivity index is 1.55. The number of fused-ring (bicyclic) bond motifs is 3. The van der Waals surface area contributed by atoms with Crippen LogP contribution in [0.4, 0.5) is 20.2 Å². The van der Waals surface area contributed by atoms with E-state index in [1.807, 2.05) is 6.07 Å². The summed E-state index contributed by atoms with van der Waals surface area (Å²) in [4.78, 5) is 1.54. The largest absolute Gasteiger partial charge is 0.340 e. The minimum Gasteiger partial charge on any atom is -0.340 e. The fourth-order valence-corrected chi connectivity index (χ4v) is 4.71. The molecule has 4 aromatic carbocycles. The van der Waals surface area contributed by atoms with Crippen LogP contribution < -0.4 is 4.90 Å². The first-order valence-electron chi connectivity index (χ1n) is 10.4. The van der Waals surface area contributed by atoms with Gasteiger partial charge in [0.15, 0.2) is 0 Å². The zero-order chi connectivity index (χ0) is 21.8. The SMILES string of the molecule is CN(c1ccccc1F)c1ccc(-c2ccc3c(c2)-c2ccccc2C3(C)C)cc1F. The van der Waals surface area contributed by atoms with E-state index in [4.69, 9.17) is 0 Å². The molecule has 0 N–H and O–H groups in total. The number of halogens is 2. The zero-order valence-corrected chi connectivity index (χ0v) is 17.8. The minimum atomic E-state index is -0.385. The molecule has 0 fully saturated rings. The van der Waals surface area contributed by atoms with Crippen LogP contribution in [0.1, 0.15) is 25.0 Å². The van der Waals surface area contributed by atoms with Crippen LogP contribution in [-0.2, 0) is 5.41 Å². The lowest BCUT2D eigenvalue weighted by Gasteiger charge is -2.22. The highest BCUT2D eigenvalue weighted by molar-refractivity contribution is 5.84. The first kappa shape index (κ1) is 19.5. The molecule has 31 heavy (non-hydrogen) atoms. The Bertz CT molecular complexity index is 1310. The van der Waals surface area contributed by atoms with Crippen molar-refractivity contribution in [3.05, 3.63) is 108 Å². The highest BCUT2D eigenvalue weighted by Gasteiger charge is 2.35. The van der Waals surface area contributed by atoms with Crippen LogP contribution in [0.3, 0.4) is 0 Å². The van der Waals surface area contributed by atoms with Crippen molar-refractivity contribution in [3.8, 4) is 22.3 Å². The van der Waals surface area contributed by atoms with E-state index in [2.05, 4.69) is 56.3 Å². The maximum Gasteiger partial charge on any atom is 0.147 e.